The van der Waals surface area contributed by atoms with Crippen molar-refractivity contribution in [2.24, 2.45) is 0 Å². The topological polar surface area (TPSA) is 110 Å². The Morgan fingerprint density at radius 1 is 1.00 bits per heavy atom. The summed E-state index contributed by atoms with van der Waals surface area (Å²) < 4.78 is 27.0. The maximum Gasteiger partial charge on any atom is 0.271 e. The van der Waals surface area contributed by atoms with E-state index in [9.17, 15) is 23.3 Å². The van der Waals surface area contributed by atoms with E-state index < -0.39 is 20.9 Å². The van der Waals surface area contributed by atoms with Crippen LogP contribution < -0.4 is 9.62 Å². The maximum atomic E-state index is 12.9. The van der Waals surface area contributed by atoms with Crippen molar-refractivity contribution in [1.29, 1.82) is 0 Å². The van der Waals surface area contributed by atoms with Gasteiger partial charge in [-0.05, 0) is 42.8 Å². The summed E-state index contributed by atoms with van der Waals surface area (Å²) in [6.07, 6.45) is 0. The second kappa shape index (κ2) is 8.34. The van der Waals surface area contributed by atoms with E-state index in [0.717, 1.165) is 4.31 Å². The number of nitro benzene ring substituents is 1. The third kappa shape index (κ3) is 4.31. The molecule has 0 aliphatic heterocycles. The van der Waals surface area contributed by atoms with Crippen LogP contribution in [0.3, 0.4) is 0 Å². The van der Waals surface area contributed by atoms with E-state index in [-0.39, 0.29) is 21.8 Å². The number of benzene rings is 3. The molecular weight excluding hydrogens is 406 g/mol. The largest absolute Gasteiger partial charge is 0.322 e. The second-order valence-corrected chi connectivity index (χ2v) is 8.52. The maximum absolute atomic E-state index is 12.9. The van der Waals surface area contributed by atoms with E-state index >= 15 is 0 Å². The van der Waals surface area contributed by atoms with Gasteiger partial charge in [-0.2, -0.15) is 0 Å². The Bertz CT molecular complexity index is 1210. The molecule has 3 aromatic carbocycles. The lowest BCUT2D eigenvalue weighted by Gasteiger charge is -2.22. The number of anilines is 2. The summed E-state index contributed by atoms with van der Waals surface area (Å²) in [4.78, 5) is 23.1. The standard InChI is InChI=1S/C21H19N3O5S/c1-15-11-12-16(21(25)22-17-7-6-8-18(14-17)24(26)27)13-20(15)23(2)30(28,29)19-9-4-3-5-10-19/h3-14H,1-2H3,(H,22,25). The Morgan fingerprint density at radius 3 is 2.37 bits per heavy atom. The third-order valence-corrected chi connectivity index (χ3v) is 6.31. The van der Waals surface area contributed by atoms with Crippen molar-refractivity contribution in [2.45, 2.75) is 11.8 Å². The number of amides is 1. The number of carbonyl (C=O) groups excluding carboxylic acids is 1. The van der Waals surface area contributed by atoms with E-state index in [1.165, 1.54) is 49.5 Å². The summed E-state index contributed by atoms with van der Waals surface area (Å²) in [5, 5.41) is 13.5. The average Bonchev–Trinajstić information content (AvgIpc) is 2.74. The Hall–Kier alpha value is -3.72. The number of aryl methyl sites for hydroxylation is 1. The lowest BCUT2D eigenvalue weighted by molar-refractivity contribution is -0.384. The van der Waals surface area contributed by atoms with Crippen LogP contribution >= 0.6 is 0 Å². The van der Waals surface area contributed by atoms with Crippen LogP contribution in [-0.4, -0.2) is 26.3 Å². The van der Waals surface area contributed by atoms with Crippen LogP contribution in [0.25, 0.3) is 0 Å². The van der Waals surface area contributed by atoms with Gasteiger partial charge >= 0.3 is 0 Å². The zero-order chi connectivity index (χ0) is 21.9. The van der Waals surface area contributed by atoms with E-state index in [1.54, 1.807) is 37.3 Å². The fourth-order valence-electron chi connectivity index (χ4n) is 2.87. The van der Waals surface area contributed by atoms with Crippen molar-refractivity contribution < 1.29 is 18.1 Å². The number of carbonyl (C=O) groups is 1. The first-order valence-electron chi connectivity index (χ1n) is 8.90. The van der Waals surface area contributed by atoms with E-state index in [0.29, 0.717) is 11.3 Å². The van der Waals surface area contributed by atoms with Crippen molar-refractivity contribution >= 4 is 33.0 Å². The normalized spacial score (nSPS) is 11.0. The lowest BCUT2D eigenvalue weighted by Crippen LogP contribution is -2.27. The van der Waals surface area contributed by atoms with Crippen molar-refractivity contribution in [3.8, 4) is 0 Å². The van der Waals surface area contributed by atoms with Crippen LogP contribution in [0, 0.1) is 17.0 Å². The molecule has 8 nitrogen and oxygen atoms in total. The first-order valence-corrected chi connectivity index (χ1v) is 10.3. The molecule has 30 heavy (non-hydrogen) atoms. The van der Waals surface area contributed by atoms with Crippen LogP contribution in [0.5, 0.6) is 0 Å². The van der Waals surface area contributed by atoms with Gasteiger partial charge in [0.25, 0.3) is 21.6 Å². The quantitative estimate of drug-likeness (QED) is 0.474. The zero-order valence-electron chi connectivity index (χ0n) is 16.3. The fourth-order valence-corrected chi connectivity index (χ4v) is 4.14. The molecule has 3 aromatic rings. The highest BCUT2D eigenvalue weighted by Gasteiger charge is 2.23. The molecule has 0 aliphatic rings. The molecule has 0 heterocycles. The Labute approximate surface area is 174 Å². The van der Waals surface area contributed by atoms with Gasteiger partial charge in [-0.3, -0.25) is 19.2 Å². The molecule has 0 radical (unpaired) electrons. The number of rotatable bonds is 6. The number of sulfonamides is 1. The molecule has 0 saturated carbocycles. The van der Waals surface area contributed by atoms with Crippen molar-refractivity contribution in [3.05, 3.63) is 94.0 Å². The highest BCUT2D eigenvalue weighted by Crippen LogP contribution is 2.27. The summed E-state index contributed by atoms with van der Waals surface area (Å²) in [5.41, 5.74) is 1.36. The zero-order valence-corrected chi connectivity index (χ0v) is 17.1. The van der Waals surface area contributed by atoms with Crippen LogP contribution in [0.4, 0.5) is 17.1 Å². The second-order valence-electron chi connectivity index (χ2n) is 6.55. The molecule has 0 aliphatic carbocycles. The Morgan fingerprint density at radius 2 is 1.70 bits per heavy atom. The SMILES string of the molecule is Cc1ccc(C(=O)Nc2cccc([N+](=O)[O-])c2)cc1N(C)S(=O)(=O)c1ccccc1. The number of non-ortho nitro benzene ring substituents is 1. The third-order valence-electron chi connectivity index (χ3n) is 4.53. The van der Waals surface area contributed by atoms with Gasteiger partial charge in [0, 0.05) is 30.4 Å². The van der Waals surface area contributed by atoms with Crippen LogP contribution in [0.15, 0.2) is 77.7 Å². The fraction of sp³-hybridized carbons (Fsp3) is 0.0952. The number of nitrogens with zero attached hydrogens (tertiary/aromatic N) is 2. The molecule has 0 fully saturated rings. The highest BCUT2D eigenvalue weighted by atomic mass is 32.2. The van der Waals surface area contributed by atoms with Crippen molar-refractivity contribution in [1.82, 2.24) is 0 Å². The van der Waals surface area contributed by atoms with Gasteiger partial charge in [0.1, 0.15) is 0 Å². The average molecular weight is 425 g/mol. The Balaban J connectivity index is 1.90. The Kier molecular flexibility index (Phi) is 5.84. The van der Waals surface area contributed by atoms with E-state index in [4.69, 9.17) is 0 Å². The molecule has 0 atom stereocenters. The van der Waals surface area contributed by atoms with Gasteiger partial charge in [-0.1, -0.05) is 30.3 Å². The van der Waals surface area contributed by atoms with Crippen molar-refractivity contribution in [3.63, 3.8) is 0 Å². The molecule has 1 amide bonds. The van der Waals surface area contributed by atoms with E-state index in [2.05, 4.69) is 5.32 Å². The summed E-state index contributed by atoms with van der Waals surface area (Å²) in [6.45, 7) is 1.74. The molecule has 154 valence electrons. The molecule has 0 unspecified atom stereocenters. The molecular formula is C21H19N3O5S. The number of nitrogens with one attached hydrogen (secondary N) is 1. The summed E-state index contributed by atoms with van der Waals surface area (Å²) in [7, 11) is -2.38. The first kappa shape index (κ1) is 21.0. The highest BCUT2D eigenvalue weighted by molar-refractivity contribution is 7.92. The van der Waals surface area contributed by atoms with Gasteiger partial charge in [0.2, 0.25) is 0 Å². The minimum absolute atomic E-state index is 0.137. The van der Waals surface area contributed by atoms with Gasteiger partial charge in [-0.15, -0.1) is 0 Å². The molecule has 1 N–H and O–H groups in total. The minimum Gasteiger partial charge on any atom is -0.322 e. The van der Waals surface area contributed by atoms with E-state index in [1.807, 2.05) is 0 Å². The smallest absolute Gasteiger partial charge is 0.271 e. The van der Waals surface area contributed by atoms with Gasteiger partial charge in [-0.25, -0.2) is 8.42 Å². The van der Waals surface area contributed by atoms with Gasteiger partial charge < -0.3 is 5.32 Å². The van der Waals surface area contributed by atoms with Crippen LogP contribution in [0.2, 0.25) is 0 Å². The summed E-state index contributed by atoms with van der Waals surface area (Å²) in [5.74, 6) is -0.512. The first-order chi connectivity index (χ1) is 14.2. The van der Waals surface area contributed by atoms with Crippen LogP contribution in [-0.2, 0) is 10.0 Å². The number of hydrogen-bond acceptors (Lipinski definition) is 5. The molecule has 9 heteroatoms. The predicted molar refractivity (Wildman–Crippen MR) is 114 cm³/mol. The monoisotopic (exact) mass is 425 g/mol. The van der Waals surface area contributed by atoms with Crippen LogP contribution in [0.1, 0.15) is 15.9 Å². The predicted octanol–water partition coefficient (Wildman–Crippen LogP) is 3.98. The van der Waals surface area contributed by atoms with Gasteiger partial charge in [0.15, 0.2) is 0 Å². The summed E-state index contributed by atoms with van der Waals surface area (Å²) in [6, 6.07) is 18.3. The molecule has 0 saturated heterocycles. The van der Waals surface area contributed by atoms with Crippen molar-refractivity contribution in [2.75, 3.05) is 16.7 Å². The summed E-state index contributed by atoms with van der Waals surface area (Å²) >= 11 is 0. The lowest BCUT2D eigenvalue weighted by atomic mass is 10.1. The van der Waals surface area contributed by atoms with Gasteiger partial charge in [0.05, 0.1) is 15.5 Å². The molecule has 0 aromatic heterocycles. The molecule has 0 spiro atoms. The molecule has 3 rings (SSSR count). The minimum atomic E-state index is -3.80. The number of nitro groups is 1. The number of hydrogen-bond donors (Lipinski definition) is 1. The molecule has 0 bridgehead atoms.